The van der Waals surface area contributed by atoms with Gasteiger partial charge in [-0.15, -0.1) is 0 Å². The fraction of sp³-hybridized carbons (Fsp3) is 0.370. The van der Waals surface area contributed by atoms with Gasteiger partial charge in [0.25, 0.3) is 11.5 Å². The monoisotopic (exact) mass is 580 g/mol. The lowest BCUT2D eigenvalue weighted by Crippen LogP contribution is -2.47. The summed E-state index contributed by atoms with van der Waals surface area (Å²) < 4.78 is 35.8. The number of carbonyl (C=O) groups excluding carboxylic acids is 1. The smallest absolute Gasteiger partial charge is 0.277 e. The van der Waals surface area contributed by atoms with Gasteiger partial charge in [0, 0.05) is 39.4 Å². The summed E-state index contributed by atoms with van der Waals surface area (Å²) >= 11 is 0. The van der Waals surface area contributed by atoms with Gasteiger partial charge in [0.2, 0.25) is 10.0 Å². The minimum Gasteiger partial charge on any atom is -0.493 e. The van der Waals surface area contributed by atoms with Crippen LogP contribution in [0.2, 0.25) is 0 Å². The Labute approximate surface area is 237 Å². The number of aromatic amines is 1. The van der Waals surface area contributed by atoms with Crippen molar-refractivity contribution in [1.29, 1.82) is 0 Å². The van der Waals surface area contributed by atoms with Crippen LogP contribution < -0.4 is 15.6 Å². The van der Waals surface area contributed by atoms with Gasteiger partial charge in [-0.2, -0.15) is 9.40 Å². The van der Waals surface area contributed by atoms with Crippen LogP contribution in [0.15, 0.2) is 52.3 Å². The van der Waals surface area contributed by atoms with Crippen molar-refractivity contribution in [2.75, 3.05) is 46.9 Å². The van der Waals surface area contributed by atoms with Crippen LogP contribution in [0.1, 0.15) is 29.5 Å². The molecule has 41 heavy (non-hydrogen) atoms. The molecular formula is C27H32N8O5S. The van der Waals surface area contributed by atoms with Gasteiger partial charge in [-0.3, -0.25) is 19.3 Å². The van der Waals surface area contributed by atoms with Gasteiger partial charge in [0.05, 0.1) is 29.3 Å². The van der Waals surface area contributed by atoms with Crippen molar-refractivity contribution in [2.24, 2.45) is 0 Å². The number of amides is 1. The molecule has 14 heteroatoms. The molecular weight excluding hydrogens is 548 g/mol. The topological polar surface area (TPSA) is 155 Å². The van der Waals surface area contributed by atoms with Crippen LogP contribution in [0, 0.1) is 0 Å². The van der Waals surface area contributed by atoms with Gasteiger partial charge in [0.1, 0.15) is 17.1 Å². The SMILES string of the molecule is CCCOc1ccc(S(=O)(=O)N2CCN(C)CC2)cc1-c1nc2c(C(=O)NC)nn(Cc3ccccn3)c2c(=O)[nH]1. The lowest BCUT2D eigenvalue weighted by molar-refractivity contribution is 0.0958. The second-order valence-corrected chi connectivity index (χ2v) is 11.7. The molecule has 0 aliphatic carbocycles. The highest BCUT2D eigenvalue weighted by molar-refractivity contribution is 7.89. The number of fused-ring (bicyclic) bond motifs is 1. The Morgan fingerprint density at radius 1 is 1.15 bits per heavy atom. The zero-order valence-corrected chi connectivity index (χ0v) is 23.9. The summed E-state index contributed by atoms with van der Waals surface area (Å²) in [5.74, 6) is -0.103. The molecule has 0 bridgehead atoms. The fourth-order valence-corrected chi connectivity index (χ4v) is 6.07. The number of aromatic nitrogens is 5. The zero-order chi connectivity index (χ0) is 29.1. The summed E-state index contributed by atoms with van der Waals surface area (Å²) in [6, 6.07) is 9.90. The number of rotatable bonds is 9. The third-order valence-electron chi connectivity index (χ3n) is 6.85. The van der Waals surface area contributed by atoms with E-state index < -0.39 is 21.5 Å². The van der Waals surface area contributed by atoms with Crippen molar-refractivity contribution in [3.05, 3.63) is 64.3 Å². The highest BCUT2D eigenvalue weighted by Crippen LogP contribution is 2.32. The van der Waals surface area contributed by atoms with Crippen LogP contribution in [0.25, 0.3) is 22.4 Å². The number of H-pyrrole nitrogens is 1. The lowest BCUT2D eigenvalue weighted by atomic mass is 10.1. The van der Waals surface area contributed by atoms with E-state index in [0.717, 1.165) is 0 Å². The summed E-state index contributed by atoms with van der Waals surface area (Å²) in [5, 5.41) is 6.93. The highest BCUT2D eigenvalue weighted by Gasteiger charge is 2.29. The Kier molecular flexibility index (Phi) is 8.15. The summed E-state index contributed by atoms with van der Waals surface area (Å²) in [5.41, 5.74) is 0.511. The second kappa shape index (κ2) is 11.8. The number of pyridine rings is 1. The van der Waals surface area contributed by atoms with E-state index in [1.54, 1.807) is 24.4 Å². The van der Waals surface area contributed by atoms with E-state index in [1.165, 1.54) is 28.2 Å². The number of likely N-dealkylation sites (N-methyl/N-ethyl adjacent to an activating group) is 1. The van der Waals surface area contributed by atoms with E-state index >= 15 is 0 Å². The molecule has 0 saturated carbocycles. The highest BCUT2D eigenvalue weighted by atomic mass is 32.2. The van der Waals surface area contributed by atoms with Crippen LogP contribution >= 0.6 is 0 Å². The van der Waals surface area contributed by atoms with E-state index in [1.807, 2.05) is 20.0 Å². The number of carbonyl (C=O) groups is 1. The normalized spacial score (nSPS) is 14.8. The summed E-state index contributed by atoms with van der Waals surface area (Å²) in [4.78, 5) is 40.1. The van der Waals surface area contributed by atoms with Gasteiger partial charge in [0.15, 0.2) is 11.2 Å². The Morgan fingerprint density at radius 3 is 2.61 bits per heavy atom. The number of hydrogen-bond donors (Lipinski definition) is 2. The van der Waals surface area contributed by atoms with Gasteiger partial charge >= 0.3 is 0 Å². The average Bonchev–Trinajstić information content (AvgIpc) is 3.34. The molecule has 0 atom stereocenters. The first-order valence-corrected chi connectivity index (χ1v) is 14.8. The van der Waals surface area contributed by atoms with Crippen molar-refractivity contribution >= 4 is 27.0 Å². The van der Waals surface area contributed by atoms with Gasteiger partial charge in [-0.1, -0.05) is 13.0 Å². The number of hydrogen-bond acceptors (Lipinski definition) is 9. The average molecular weight is 581 g/mol. The molecule has 1 aromatic carbocycles. The number of sulfonamides is 1. The number of ether oxygens (including phenoxy) is 1. The molecule has 0 spiro atoms. The quantitative estimate of drug-likeness (QED) is 0.298. The van der Waals surface area contributed by atoms with E-state index in [0.29, 0.717) is 50.7 Å². The maximum absolute atomic E-state index is 13.5. The van der Waals surface area contributed by atoms with Crippen LogP contribution in [-0.4, -0.2) is 95.1 Å². The van der Waals surface area contributed by atoms with Crippen LogP contribution in [0.5, 0.6) is 5.75 Å². The molecule has 4 heterocycles. The molecule has 1 aliphatic heterocycles. The molecule has 5 rings (SSSR count). The molecule has 2 N–H and O–H groups in total. The van der Waals surface area contributed by atoms with Crippen molar-refractivity contribution in [2.45, 2.75) is 24.8 Å². The Bertz CT molecular complexity index is 1730. The van der Waals surface area contributed by atoms with E-state index in [2.05, 4.69) is 30.3 Å². The predicted molar refractivity (Wildman–Crippen MR) is 152 cm³/mol. The molecule has 13 nitrogen and oxygen atoms in total. The Hall–Kier alpha value is -4.14. The summed E-state index contributed by atoms with van der Waals surface area (Å²) in [7, 11) is -0.406. The van der Waals surface area contributed by atoms with E-state index in [4.69, 9.17) is 4.74 Å². The Morgan fingerprint density at radius 2 is 1.93 bits per heavy atom. The molecule has 216 valence electrons. The van der Waals surface area contributed by atoms with Gasteiger partial charge in [-0.25, -0.2) is 13.4 Å². The summed E-state index contributed by atoms with van der Waals surface area (Å²) in [6.07, 6.45) is 2.34. The largest absolute Gasteiger partial charge is 0.493 e. The number of nitrogens with zero attached hydrogens (tertiary/aromatic N) is 6. The molecule has 1 fully saturated rings. The number of nitrogens with one attached hydrogen (secondary N) is 2. The molecule has 1 saturated heterocycles. The molecule has 4 aromatic rings. The van der Waals surface area contributed by atoms with Crippen molar-refractivity contribution in [1.82, 2.24) is 39.3 Å². The standard InChI is InChI=1S/C27H32N8O5S/c1-4-15-40-21-9-8-19(41(38,39)34-13-11-33(3)12-14-34)16-20(21)25-30-22-23(26(36)28-2)32-35(24(22)27(37)31-25)17-18-7-5-6-10-29-18/h5-10,16H,4,11-15,17H2,1-3H3,(H,28,36)(H,30,31,37). The molecule has 1 aliphatic rings. The first kappa shape index (κ1) is 28.4. The molecule has 1 amide bonds. The molecule has 0 radical (unpaired) electrons. The first-order valence-electron chi connectivity index (χ1n) is 13.3. The predicted octanol–water partition coefficient (Wildman–Crippen LogP) is 1.31. The summed E-state index contributed by atoms with van der Waals surface area (Å²) in [6.45, 7) is 4.45. The second-order valence-electron chi connectivity index (χ2n) is 9.73. The van der Waals surface area contributed by atoms with Crippen molar-refractivity contribution < 1.29 is 17.9 Å². The van der Waals surface area contributed by atoms with Crippen molar-refractivity contribution in [3.8, 4) is 17.1 Å². The minimum absolute atomic E-state index is 0.0389. The lowest BCUT2D eigenvalue weighted by Gasteiger charge is -2.31. The maximum atomic E-state index is 13.5. The van der Waals surface area contributed by atoms with Crippen LogP contribution in [0.4, 0.5) is 0 Å². The van der Waals surface area contributed by atoms with E-state index in [-0.39, 0.29) is 39.6 Å². The van der Waals surface area contributed by atoms with Gasteiger partial charge < -0.3 is 19.9 Å². The Balaban J connectivity index is 1.65. The third kappa shape index (κ3) is 5.71. The van der Waals surface area contributed by atoms with Crippen molar-refractivity contribution in [3.63, 3.8) is 0 Å². The van der Waals surface area contributed by atoms with E-state index in [9.17, 15) is 18.0 Å². The molecule has 0 unspecified atom stereocenters. The first-order chi connectivity index (χ1) is 19.7. The van der Waals surface area contributed by atoms with Crippen LogP contribution in [-0.2, 0) is 16.6 Å². The maximum Gasteiger partial charge on any atom is 0.277 e. The third-order valence-corrected chi connectivity index (χ3v) is 8.74. The zero-order valence-electron chi connectivity index (χ0n) is 23.1. The van der Waals surface area contributed by atoms with Gasteiger partial charge in [-0.05, 0) is 43.8 Å². The van der Waals surface area contributed by atoms with Crippen LogP contribution in [0.3, 0.4) is 0 Å². The number of benzene rings is 1. The molecule has 3 aromatic heterocycles. The number of piperazine rings is 1. The minimum atomic E-state index is -3.82. The fourth-order valence-electron chi connectivity index (χ4n) is 4.62.